The van der Waals surface area contributed by atoms with Crippen LogP contribution in [0.15, 0.2) is 30.3 Å². The summed E-state index contributed by atoms with van der Waals surface area (Å²) in [5, 5.41) is 5.84. The molecule has 29 heavy (non-hydrogen) atoms. The fraction of sp³-hybridized carbons (Fsp3) is 0.476. The van der Waals surface area contributed by atoms with Gasteiger partial charge in [0.15, 0.2) is 5.82 Å². The standard InChI is InChI=1S/C21H27N5O3/c27-20(22-9-11-25-12-14-29-15-13-25)18-17-8-4-5-10-26(17)19(24-18)21(28)23-16-6-2-1-3-7-16/h1-3,6-7H,4-5,8-15H2,(H,22,27)(H,23,28). The monoisotopic (exact) mass is 397 g/mol. The Morgan fingerprint density at radius 2 is 1.83 bits per heavy atom. The van der Waals surface area contributed by atoms with Crippen molar-refractivity contribution < 1.29 is 14.3 Å². The number of morpholine rings is 1. The van der Waals surface area contributed by atoms with E-state index in [-0.39, 0.29) is 11.8 Å². The van der Waals surface area contributed by atoms with Gasteiger partial charge in [0.1, 0.15) is 5.69 Å². The van der Waals surface area contributed by atoms with Crippen molar-refractivity contribution in [1.29, 1.82) is 0 Å². The number of anilines is 1. The van der Waals surface area contributed by atoms with Crippen LogP contribution in [0.5, 0.6) is 0 Å². The number of aromatic nitrogens is 2. The molecule has 0 atom stereocenters. The van der Waals surface area contributed by atoms with Crippen molar-refractivity contribution in [3.05, 3.63) is 47.5 Å². The minimum absolute atomic E-state index is 0.206. The van der Waals surface area contributed by atoms with Gasteiger partial charge in [0.25, 0.3) is 11.8 Å². The molecule has 0 radical (unpaired) electrons. The van der Waals surface area contributed by atoms with Gasteiger partial charge < -0.3 is 19.9 Å². The van der Waals surface area contributed by atoms with E-state index < -0.39 is 0 Å². The van der Waals surface area contributed by atoms with E-state index in [4.69, 9.17) is 4.74 Å². The predicted molar refractivity (Wildman–Crippen MR) is 109 cm³/mol. The second-order valence-electron chi connectivity index (χ2n) is 7.37. The molecule has 1 aromatic heterocycles. The number of fused-ring (bicyclic) bond motifs is 1. The third-order valence-corrected chi connectivity index (χ3v) is 5.38. The van der Waals surface area contributed by atoms with Crippen LogP contribution in [-0.2, 0) is 17.7 Å². The van der Waals surface area contributed by atoms with Crippen LogP contribution in [0.3, 0.4) is 0 Å². The van der Waals surface area contributed by atoms with Gasteiger partial charge in [-0.15, -0.1) is 0 Å². The summed E-state index contributed by atoms with van der Waals surface area (Å²) in [4.78, 5) is 32.3. The molecular formula is C21H27N5O3. The van der Waals surface area contributed by atoms with Gasteiger partial charge in [0, 0.05) is 38.4 Å². The molecule has 2 aliphatic heterocycles. The largest absolute Gasteiger partial charge is 0.379 e. The molecular weight excluding hydrogens is 370 g/mol. The summed E-state index contributed by atoms with van der Waals surface area (Å²) in [6.45, 7) is 5.30. The lowest BCUT2D eigenvalue weighted by atomic mass is 10.1. The topological polar surface area (TPSA) is 88.5 Å². The van der Waals surface area contributed by atoms with Gasteiger partial charge in [-0.3, -0.25) is 14.5 Å². The quantitative estimate of drug-likeness (QED) is 0.772. The van der Waals surface area contributed by atoms with Crippen molar-refractivity contribution in [1.82, 2.24) is 19.8 Å². The zero-order chi connectivity index (χ0) is 20.1. The van der Waals surface area contributed by atoms with Gasteiger partial charge in [0.2, 0.25) is 0 Å². The average Bonchev–Trinajstić information content (AvgIpc) is 3.15. The molecule has 154 valence electrons. The van der Waals surface area contributed by atoms with Crippen LogP contribution in [0, 0.1) is 0 Å². The number of benzene rings is 1. The predicted octanol–water partition coefficient (Wildman–Crippen LogP) is 1.53. The first-order valence-electron chi connectivity index (χ1n) is 10.3. The number of nitrogens with one attached hydrogen (secondary N) is 2. The normalized spacial score (nSPS) is 16.8. The number of carbonyl (C=O) groups is 2. The summed E-state index contributed by atoms with van der Waals surface area (Å²) in [7, 11) is 0. The van der Waals surface area contributed by atoms with Crippen LogP contribution in [0.25, 0.3) is 0 Å². The lowest BCUT2D eigenvalue weighted by Crippen LogP contribution is -2.41. The summed E-state index contributed by atoms with van der Waals surface area (Å²) in [6, 6.07) is 9.29. The lowest BCUT2D eigenvalue weighted by Gasteiger charge is -2.26. The molecule has 0 saturated carbocycles. The van der Waals surface area contributed by atoms with Crippen LogP contribution in [0.4, 0.5) is 5.69 Å². The van der Waals surface area contributed by atoms with Gasteiger partial charge in [-0.1, -0.05) is 18.2 Å². The zero-order valence-corrected chi connectivity index (χ0v) is 16.5. The van der Waals surface area contributed by atoms with Gasteiger partial charge in [0.05, 0.1) is 18.9 Å². The maximum absolute atomic E-state index is 12.8. The molecule has 2 N–H and O–H groups in total. The maximum Gasteiger partial charge on any atom is 0.291 e. The van der Waals surface area contributed by atoms with Crippen molar-refractivity contribution in [3.8, 4) is 0 Å². The van der Waals surface area contributed by atoms with E-state index in [2.05, 4.69) is 20.5 Å². The van der Waals surface area contributed by atoms with Crippen LogP contribution in [0.2, 0.25) is 0 Å². The van der Waals surface area contributed by atoms with Crippen LogP contribution >= 0.6 is 0 Å². The van der Waals surface area contributed by atoms with Gasteiger partial charge >= 0.3 is 0 Å². The van der Waals surface area contributed by atoms with Crippen molar-refractivity contribution >= 4 is 17.5 Å². The molecule has 2 amide bonds. The number of carbonyl (C=O) groups excluding carboxylic acids is 2. The lowest BCUT2D eigenvalue weighted by molar-refractivity contribution is 0.0383. The van der Waals surface area contributed by atoms with Crippen molar-refractivity contribution in [2.24, 2.45) is 0 Å². The van der Waals surface area contributed by atoms with E-state index in [9.17, 15) is 9.59 Å². The van der Waals surface area contributed by atoms with E-state index in [1.165, 1.54) is 0 Å². The molecule has 2 aliphatic rings. The van der Waals surface area contributed by atoms with Crippen LogP contribution in [-0.4, -0.2) is 65.7 Å². The second-order valence-corrected chi connectivity index (χ2v) is 7.37. The molecule has 8 nitrogen and oxygen atoms in total. The summed E-state index contributed by atoms with van der Waals surface area (Å²) in [5.74, 6) is -0.184. The molecule has 0 aliphatic carbocycles. The highest BCUT2D eigenvalue weighted by atomic mass is 16.5. The number of ether oxygens (including phenoxy) is 1. The molecule has 0 bridgehead atoms. The number of amides is 2. The molecule has 3 heterocycles. The molecule has 0 unspecified atom stereocenters. The number of rotatable bonds is 6. The number of para-hydroxylation sites is 1. The fourth-order valence-electron chi connectivity index (χ4n) is 3.84. The number of nitrogens with zero attached hydrogens (tertiary/aromatic N) is 3. The van der Waals surface area contributed by atoms with Crippen LogP contribution in [0.1, 0.15) is 39.6 Å². The maximum atomic E-state index is 12.8. The molecule has 4 rings (SSSR count). The first-order chi connectivity index (χ1) is 14.2. The summed E-state index contributed by atoms with van der Waals surface area (Å²) in [6.07, 6.45) is 2.74. The Morgan fingerprint density at radius 1 is 1.03 bits per heavy atom. The SMILES string of the molecule is O=C(NCCN1CCOCC1)c1nc(C(=O)Nc2ccccc2)n2c1CCCC2. The minimum atomic E-state index is -0.285. The van der Waals surface area contributed by atoms with E-state index in [0.29, 0.717) is 30.3 Å². The fourth-order valence-corrected chi connectivity index (χ4v) is 3.84. The molecule has 1 aromatic carbocycles. The Labute approximate surface area is 170 Å². The van der Waals surface area contributed by atoms with E-state index in [1.54, 1.807) is 0 Å². The number of hydrogen-bond donors (Lipinski definition) is 2. The third-order valence-electron chi connectivity index (χ3n) is 5.38. The van der Waals surface area contributed by atoms with E-state index in [1.807, 2.05) is 34.9 Å². The Bertz CT molecular complexity index is 859. The highest BCUT2D eigenvalue weighted by molar-refractivity contribution is 6.03. The molecule has 1 fully saturated rings. The Kier molecular flexibility index (Phi) is 6.21. The molecule has 0 spiro atoms. The zero-order valence-electron chi connectivity index (χ0n) is 16.5. The van der Waals surface area contributed by atoms with Gasteiger partial charge in [-0.25, -0.2) is 4.98 Å². The van der Waals surface area contributed by atoms with Crippen molar-refractivity contribution in [2.75, 3.05) is 44.7 Å². The van der Waals surface area contributed by atoms with Crippen molar-refractivity contribution in [3.63, 3.8) is 0 Å². The smallest absolute Gasteiger partial charge is 0.291 e. The first kappa shape index (κ1) is 19.6. The number of hydrogen-bond acceptors (Lipinski definition) is 5. The first-order valence-corrected chi connectivity index (χ1v) is 10.3. The molecule has 2 aromatic rings. The Balaban J connectivity index is 1.45. The Hall–Kier alpha value is -2.71. The molecule has 1 saturated heterocycles. The highest BCUT2D eigenvalue weighted by Crippen LogP contribution is 2.22. The third kappa shape index (κ3) is 4.65. The average molecular weight is 397 g/mol. The Morgan fingerprint density at radius 3 is 2.62 bits per heavy atom. The molecule has 8 heteroatoms. The van der Waals surface area contributed by atoms with Gasteiger partial charge in [-0.2, -0.15) is 0 Å². The van der Waals surface area contributed by atoms with Crippen LogP contribution < -0.4 is 10.6 Å². The van der Waals surface area contributed by atoms with Gasteiger partial charge in [-0.05, 0) is 31.4 Å². The summed E-state index contributed by atoms with van der Waals surface area (Å²) < 4.78 is 7.25. The van der Waals surface area contributed by atoms with Crippen molar-refractivity contribution in [2.45, 2.75) is 25.8 Å². The highest BCUT2D eigenvalue weighted by Gasteiger charge is 2.27. The number of imidazole rings is 1. The van der Waals surface area contributed by atoms with E-state index >= 15 is 0 Å². The summed E-state index contributed by atoms with van der Waals surface area (Å²) in [5.41, 5.74) is 1.95. The minimum Gasteiger partial charge on any atom is -0.379 e. The second kappa shape index (κ2) is 9.19. The summed E-state index contributed by atoms with van der Waals surface area (Å²) >= 11 is 0. The van der Waals surface area contributed by atoms with E-state index in [0.717, 1.165) is 57.8 Å².